The van der Waals surface area contributed by atoms with Crippen LogP contribution in [0.2, 0.25) is 0 Å². The third kappa shape index (κ3) is 4.39. The third-order valence-corrected chi connectivity index (χ3v) is 5.17. The molecule has 0 atom stereocenters. The summed E-state index contributed by atoms with van der Waals surface area (Å²) < 4.78 is 6.94. The van der Waals surface area contributed by atoms with Crippen molar-refractivity contribution >= 4 is 23.9 Å². The molecular formula is C24H21N3O5. The van der Waals surface area contributed by atoms with Crippen LogP contribution in [0.3, 0.4) is 0 Å². The van der Waals surface area contributed by atoms with E-state index in [1.54, 1.807) is 31.6 Å². The molecule has 0 radical (unpaired) electrons. The summed E-state index contributed by atoms with van der Waals surface area (Å²) in [7, 11) is 1.60. The largest absolute Gasteiger partial charge is 0.497 e. The molecule has 2 aromatic carbocycles. The molecule has 8 heteroatoms. The first-order chi connectivity index (χ1) is 15.4. The summed E-state index contributed by atoms with van der Waals surface area (Å²) in [6, 6.07) is 15.0. The number of aromatic nitrogens is 1. The number of methoxy groups -OCH3 is 1. The van der Waals surface area contributed by atoms with Crippen molar-refractivity contribution in [3.05, 3.63) is 94.9 Å². The number of amides is 2. The van der Waals surface area contributed by atoms with Gasteiger partial charge in [-0.3, -0.25) is 14.5 Å². The zero-order chi connectivity index (χ0) is 22.7. The highest BCUT2D eigenvalue weighted by molar-refractivity contribution is 5.97. The first-order valence-electron chi connectivity index (χ1n) is 9.88. The molecule has 162 valence electrons. The summed E-state index contributed by atoms with van der Waals surface area (Å²) in [6.45, 7) is 0.632. The first-order valence-corrected chi connectivity index (χ1v) is 9.88. The Morgan fingerprint density at radius 2 is 1.69 bits per heavy atom. The molecule has 0 saturated carbocycles. The minimum Gasteiger partial charge on any atom is -0.497 e. The number of benzene rings is 2. The van der Waals surface area contributed by atoms with Crippen molar-refractivity contribution in [3.63, 3.8) is 0 Å². The maximum absolute atomic E-state index is 12.8. The fourth-order valence-corrected chi connectivity index (χ4v) is 3.37. The lowest BCUT2D eigenvalue weighted by atomic mass is 10.1. The molecule has 0 fully saturated rings. The molecule has 0 unspecified atom stereocenters. The van der Waals surface area contributed by atoms with E-state index in [-0.39, 0.29) is 24.0 Å². The van der Waals surface area contributed by atoms with E-state index < -0.39 is 5.97 Å². The number of rotatable bonds is 6. The lowest BCUT2D eigenvalue weighted by Crippen LogP contribution is -2.30. The molecule has 2 N–H and O–H groups in total. The van der Waals surface area contributed by atoms with Crippen molar-refractivity contribution in [2.24, 2.45) is 0 Å². The number of carboxylic acid groups (broad SMARTS) is 1. The van der Waals surface area contributed by atoms with Crippen molar-refractivity contribution in [2.75, 3.05) is 7.11 Å². The van der Waals surface area contributed by atoms with Crippen LogP contribution < -0.4 is 10.1 Å². The number of carbonyl (C=O) groups is 3. The van der Waals surface area contributed by atoms with Crippen LogP contribution in [0, 0.1) is 0 Å². The van der Waals surface area contributed by atoms with Crippen molar-refractivity contribution in [1.29, 1.82) is 0 Å². The van der Waals surface area contributed by atoms with E-state index >= 15 is 0 Å². The highest BCUT2D eigenvalue weighted by atomic mass is 16.5. The predicted molar refractivity (Wildman–Crippen MR) is 117 cm³/mol. The molecule has 1 aromatic heterocycles. The van der Waals surface area contributed by atoms with Crippen LogP contribution in [0.15, 0.2) is 67.0 Å². The maximum atomic E-state index is 12.8. The lowest BCUT2D eigenvalue weighted by Gasteiger charge is -2.23. The van der Waals surface area contributed by atoms with Gasteiger partial charge < -0.3 is 19.7 Å². The van der Waals surface area contributed by atoms with E-state index in [0.29, 0.717) is 17.7 Å². The van der Waals surface area contributed by atoms with Gasteiger partial charge in [-0.05, 0) is 54.1 Å². The van der Waals surface area contributed by atoms with Gasteiger partial charge in [-0.15, -0.1) is 0 Å². The van der Waals surface area contributed by atoms with Gasteiger partial charge in [0.1, 0.15) is 12.4 Å². The van der Waals surface area contributed by atoms with E-state index in [0.717, 1.165) is 17.0 Å². The van der Waals surface area contributed by atoms with Crippen LogP contribution in [-0.2, 0) is 13.2 Å². The molecule has 0 bridgehead atoms. The molecule has 2 heterocycles. The molecular weight excluding hydrogens is 410 g/mol. The van der Waals surface area contributed by atoms with Gasteiger partial charge in [0.05, 0.1) is 18.2 Å². The maximum Gasteiger partial charge on any atom is 0.335 e. The third-order valence-electron chi connectivity index (χ3n) is 5.17. The fourth-order valence-electron chi connectivity index (χ4n) is 3.37. The highest BCUT2D eigenvalue weighted by Gasteiger charge is 2.20. The van der Waals surface area contributed by atoms with Gasteiger partial charge in [-0.2, -0.15) is 0 Å². The predicted octanol–water partition coefficient (Wildman–Crippen LogP) is 3.21. The average Bonchev–Trinajstić information content (AvgIpc) is 3.26. The molecule has 1 aliphatic heterocycles. The number of hydrogen-bond acceptors (Lipinski definition) is 4. The second-order valence-corrected chi connectivity index (χ2v) is 7.27. The Bertz CT molecular complexity index is 1190. The van der Waals surface area contributed by atoms with Crippen LogP contribution in [0.4, 0.5) is 0 Å². The van der Waals surface area contributed by atoms with Crippen LogP contribution in [0.25, 0.3) is 6.08 Å². The summed E-state index contributed by atoms with van der Waals surface area (Å²) >= 11 is 0. The van der Waals surface area contributed by atoms with Crippen molar-refractivity contribution in [3.8, 4) is 5.75 Å². The number of carbonyl (C=O) groups excluding carboxylic acids is 2. The normalized spacial score (nSPS) is 12.2. The van der Waals surface area contributed by atoms with Gasteiger partial charge in [-0.1, -0.05) is 12.1 Å². The number of carboxylic acids is 1. The molecule has 3 aromatic rings. The fraction of sp³-hybridized carbons (Fsp3) is 0.125. The number of nitrogens with one attached hydrogen (secondary N) is 1. The lowest BCUT2D eigenvalue weighted by molar-refractivity contribution is 0.0694. The standard InChI is InChI=1S/C24H21N3O5/c1-32-21-8-2-16(3-9-21)13-25-22(28)19-12-20-10-11-26(15-27(20)14-19)23(29)17-4-6-18(7-5-17)24(30)31/h2-12,14H,13,15H2,1H3,(H,25,28)(H,30,31). The Morgan fingerprint density at radius 1 is 1.00 bits per heavy atom. The number of hydrogen-bond donors (Lipinski definition) is 2. The van der Waals surface area contributed by atoms with E-state index in [1.165, 1.54) is 29.2 Å². The van der Waals surface area contributed by atoms with Crippen molar-refractivity contribution in [1.82, 2.24) is 14.8 Å². The van der Waals surface area contributed by atoms with Crippen LogP contribution >= 0.6 is 0 Å². The van der Waals surface area contributed by atoms with Gasteiger partial charge in [0.2, 0.25) is 0 Å². The van der Waals surface area contributed by atoms with Gasteiger partial charge >= 0.3 is 5.97 Å². The quantitative estimate of drug-likeness (QED) is 0.624. The van der Waals surface area contributed by atoms with E-state index in [4.69, 9.17) is 9.84 Å². The SMILES string of the molecule is COc1ccc(CNC(=O)c2cc3n(c2)CN(C(=O)c2ccc(C(=O)O)cc2)C=C3)cc1. The highest BCUT2D eigenvalue weighted by Crippen LogP contribution is 2.19. The Balaban J connectivity index is 1.40. The minimum absolute atomic E-state index is 0.119. The van der Waals surface area contributed by atoms with Crippen molar-refractivity contribution < 1.29 is 24.2 Å². The monoisotopic (exact) mass is 431 g/mol. The average molecular weight is 431 g/mol. The Kier molecular flexibility index (Phi) is 5.76. The van der Waals surface area contributed by atoms with E-state index in [2.05, 4.69) is 5.32 Å². The smallest absolute Gasteiger partial charge is 0.335 e. The Hall–Kier alpha value is -4.33. The second kappa shape index (κ2) is 8.81. The van der Waals surface area contributed by atoms with E-state index in [9.17, 15) is 14.4 Å². The van der Waals surface area contributed by atoms with Crippen LogP contribution in [-0.4, -0.2) is 39.5 Å². The molecule has 2 amide bonds. The van der Waals surface area contributed by atoms with Gasteiger partial charge in [0, 0.05) is 30.2 Å². The summed E-state index contributed by atoms with van der Waals surface area (Å²) in [5.41, 5.74) is 2.76. The van der Waals surface area contributed by atoms with Crippen molar-refractivity contribution in [2.45, 2.75) is 13.2 Å². The Morgan fingerprint density at radius 3 is 2.34 bits per heavy atom. The molecule has 0 aliphatic carbocycles. The molecule has 8 nitrogen and oxygen atoms in total. The van der Waals surface area contributed by atoms with Crippen LogP contribution in [0.5, 0.6) is 5.75 Å². The first kappa shape index (κ1) is 20.9. The van der Waals surface area contributed by atoms with Gasteiger partial charge in [0.25, 0.3) is 11.8 Å². The Labute approximate surface area is 184 Å². The van der Waals surface area contributed by atoms with Gasteiger partial charge in [-0.25, -0.2) is 4.79 Å². The second-order valence-electron chi connectivity index (χ2n) is 7.27. The van der Waals surface area contributed by atoms with Crippen LogP contribution in [0.1, 0.15) is 42.3 Å². The summed E-state index contributed by atoms with van der Waals surface area (Å²) in [5, 5.41) is 11.9. The number of aromatic carboxylic acids is 1. The summed E-state index contributed by atoms with van der Waals surface area (Å²) in [4.78, 5) is 37.8. The summed E-state index contributed by atoms with van der Waals surface area (Å²) in [5.74, 6) is -0.762. The molecule has 1 aliphatic rings. The zero-order valence-electron chi connectivity index (χ0n) is 17.3. The summed E-state index contributed by atoms with van der Waals surface area (Å²) in [6.07, 6.45) is 5.12. The number of fused-ring (bicyclic) bond motifs is 1. The zero-order valence-corrected chi connectivity index (χ0v) is 17.3. The molecule has 32 heavy (non-hydrogen) atoms. The molecule has 4 rings (SSSR count). The van der Waals surface area contributed by atoms with Gasteiger partial charge in [0.15, 0.2) is 0 Å². The number of nitrogens with zero attached hydrogens (tertiary/aromatic N) is 2. The molecule has 0 saturated heterocycles. The minimum atomic E-state index is -1.04. The topological polar surface area (TPSA) is 101 Å². The number of ether oxygens (including phenoxy) is 1. The molecule has 0 spiro atoms. The van der Waals surface area contributed by atoms with E-state index in [1.807, 2.05) is 28.8 Å².